The first kappa shape index (κ1) is 10.6. The fourth-order valence-corrected chi connectivity index (χ4v) is 2.30. The molecule has 0 saturated carbocycles. The van der Waals surface area contributed by atoms with E-state index in [4.69, 9.17) is 0 Å². The van der Waals surface area contributed by atoms with Gasteiger partial charge in [0.05, 0.1) is 0 Å². The van der Waals surface area contributed by atoms with E-state index in [1.54, 1.807) is 0 Å². The highest BCUT2D eigenvalue weighted by Crippen LogP contribution is 2.19. The molecule has 2 heteroatoms. The summed E-state index contributed by atoms with van der Waals surface area (Å²) < 4.78 is 0. The van der Waals surface area contributed by atoms with Gasteiger partial charge in [0, 0.05) is 25.0 Å². The normalized spacial score (nSPS) is 22.2. The van der Waals surface area contributed by atoms with Crippen LogP contribution in [-0.4, -0.2) is 23.0 Å². The zero-order valence-electron chi connectivity index (χ0n) is 9.95. The first-order valence-corrected chi connectivity index (χ1v) is 5.79. The third kappa shape index (κ3) is 2.57. The molecule has 0 radical (unpaired) electrons. The molecule has 0 amide bonds. The highest BCUT2D eigenvalue weighted by atomic mass is 15.1. The number of aromatic nitrogens is 1. The summed E-state index contributed by atoms with van der Waals surface area (Å²) in [6.07, 6.45) is 3.38. The Morgan fingerprint density at radius 1 is 1.47 bits per heavy atom. The lowest BCUT2D eigenvalue weighted by molar-refractivity contribution is 0.319. The highest BCUT2D eigenvalue weighted by Gasteiger charge is 2.18. The molecular formula is C13H20N2. The van der Waals surface area contributed by atoms with E-state index in [2.05, 4.69) is 36.7 Å². The molecule has 1 aliphatic rings. The van der Waals surface area contributed by atoms with Gasteiger partial charge in [-0.15, -0.1) is 0 Å². The van der Waals surface area contributed by atoms with Crippen LogP contribution in [0.25, 0.3) is 0 Å². The second kappa shape index (κ2) is 4.31. The molecule has 2 heterocycles. The number of aryl methyl sites for hydroxylation is 2. The lowest BCUT2D eigenvalue weighted by Gasteiger charge is -2.16. The lowest BCUT2D eigenvalue weighted by atomic mass is 10.1. The van der Waals surface area contributed by atoms with Crippen LogP contribution in [0.3, 0.4) is 0 Å². The van der Waals surface area contributed by atoms with Gasteiger partial charge in [-0.25, -0.2) is 0 Å². The van der Waals surface area contributed by atoms with Gasteiger partial charge in [-0.2, -0.15) is 0 Å². The molecule has 1 atom stereocenters. The minimum Gasteiger partial charge on any atom is -0.299 e. The monoisotopic (exact) mass is 204 g/mol. The smallest absolute Gasteiger partial charge is 0.0375 e. The van der Waals surface area contributed by atoms with Crippen molar-refractivity contribution in [2.45, 2.75) is 33.7 Å². The highest BCUT2D eigenvalue weighted by molar-refractivity contribution is 5.24. The van der Waals surface area contributed by atoms with Crippen molar-refractivity contribution in [2.24, 2.45) is 5.92 Å². The molecule has 1 aromatic rings. The van der Waals surface area contributed by atoms with Gasteiger partial charge in [0.25, 0.3) is 0 Å². The van der Waals surface area contributed by atoms with E-state index in [0.717, 1.165) is 18.2 Å². The van der Waals surface area contributed by atoms with E-state index in [1.807, 2.05) is 6.20 Å². The largest absolute Gasteiger partial charge is 0.299 e. The first-order chi connectivity index (χ1) is 7.15. The van der Waals surface area contributed by atoms with Gasteiger partial charge in [0.15, 0.2) is 0 Å². The van der Waals surface area contributed by atoms with Gasteiger partial charge >= 0.3 is 0 Å². The van der Waals surface area contributed by atoms with E-state index >= 15 is 0 Å². The molecule has 0 aliphatic carbocycles. The average molecular weight is 204 g/mol. The molecule has 15 heavy (non-hydrogen) atoms. The van der Waals surface area contributed by atoms with Crippen molar-refractivity contribution < 1.29 is 0 Å². The van der Waals surface area contributed by atoms with Gasteiger partial charge < -0.3 is 0 Å². The van der Waals surface area contributed by atoms with Crippen LogP contribution >= 0.6 is 0 Å². The van der Waals surface area contributed by atoms with Crippen LogP contribution in [0.5, 0.6) is 0 Å². The summed E-state index contributed by atoms with van der Waals surface area (Å²) in [5.74, 6) is 0.865. The maximum absolute atomic E-state index is 4.37. The zero-order valence-corrected chi connectivity index (χ0v) is 9.95. The fraction of sp³-hybridized carbons (Fsp3) is 0.615. The molecule has 82 valence electrons. The second-order valence-corrected chi connectivity index (χ2v) is 4.88. The number of nitrogens with zero attached hydrogens (tertiary/aromatic N) is 2. The van der Waals surface area contributed by atoms with Gasteiger partial charge in [0.1, 0.15) is 0 Å². The number of rotatable bonds is 2. The van der Waals surface area contributed by atoms with E-state index in [1.165, 1.54) is 30.6 Å². The molecule has 0 N–H and O–H groups in total. The van der Waals surface area contributed by atoms with Crippen molar-refractivity contribution in [1.82, 2.24) is 9.88 Å². The summed E-state index contributed by atoms with van der Waals surface area (Å²) in [6.45, 7) is 10.1. The Morgan fingerprint density at radius 3 is 2.87 bits per heavy atom. The standard InChI is InChI=1S/C13H20N2/c1-10-4-5-15(8-10)9-13-7-14-12(3)6-11(13)2/h6-7,10H,4-5,8-9H2,1-3H3. The summed E-state index contributed by atoms with van der Waals surface area (Å²) in [5.41, 5.74) is 3.88. The number of hydrogen-bond acceptors (Lipinski definition) is 2. The zero-order chi connectivity index (χ0) is 10.8. The molecule has 1 aliphatic heterocycles. The fourth-order valence-electron chi connectivity index (χ4n) is 2.30. The van der Waals surface area contributed by atoms with Crippen molar-refractivity contribution >= 4 is 0 Å². The van der Waals surface area contributed by atoms with E-state index in [9.17, 15) is 0 Å². The Labute approximate surface area is 92.3 Å². The molecular weight excluding hydrogens is 184 g/mol. The third-order valence-electron chi connectivity index (χ3n) is 3.26. The Hall–Kier alpha value is -0.890. The Bertz CT molecular complexity index is 346. The van der Waals surface area contributed by atoms with Crippen LogP contribution in [0.4, 0.5) is 0 Å². The molecule has 0 aromatic carbocycles. The minimum atomic E-state index is 0.865. The van der Waals surface area contributed by atoms with Gasteiger partial charge in [-0.05, 0) is 49.9 Å². The summed E-state index contributed by atoms with van der Waals surface area (Å²) >= 11 is 0. The van der Waals surface area contributed by atoms with Crippen LogP contribution in [0.1, 0.15) is 30.2 Å². The van der Waals surface area contributed by atoms with Crippen LogP contribution in [0, 0.1) is 19.8 Å². The predicted octanol–water partition coefficient (Wildman–Crippen LogP) is 2.54. The summed E-state index contributed by atoms with van der Waals surface area (Å²) in [5, 5.41) is 0. The molecule has 1 fully saturated rings. The van der Waals surface area contributed by atoms with Crippen molar-refractivity contribution in [3.05, 3.63) is 29.1 Å². The number of likely N-dealkylation sites (tertiary alicyclic amines) is 1. The lowest BCUT2D eigenvalue weighted by Crippen LogP contribution is -2.20. The van der Waals surface area contributed by atoms with Crippen molar-refractivity contribution in [3.8, 4) is 0 Å². The van der Waals surface area contributed by atoms with E-state index in [0.29, 0.717) is 0 Å². The maximum Gasteiger partial charge on any atom is 0.0375 e. The quantitative estimate of drug-likeness (QED) is 0.736. The average Bonchev–Trinajstić information content (AvgIpc) is 2.56. The predicted molar refractivity (Wildman–Crippen MR) is 62.8 cm³/mol. The molecule has 1 unspecified atom stereocenters. The maximum atomic E-state index is 4.37. The number of hydrogen-bond donors (Lipinski definition) is 0. The van der Waals surface area contributed by atoms with E-state index in [-0.39, 0.29) is 0 Å². The number of pyridine rings is 1. The molecule has 2 rings (SSSR count). The summed E-state index contributed by atoms with van der Waals surface area (Å²) in [4.78, 5) is 6.91. The summed E-state index contributed by atoms with van der Waals surface area (Å²) in [7, 11) is 0. The van der Waals surface area contributed by atoms with Gasteiger partial charge in [-0.1, -0.05) is 6.92 Å². The first-order valence-electron chi connectivity index (χ1n) is 5.79. The molecule has 1 aromatic heterocycles. The van der Waals surface area contributed by atoms with Crippen LogP contribution in [0.15, 0.2) is 12.3 Å². The third-order valence-corrected chi connectivity index (χ3v) is 3.26. The van der Waals surface area contributed by atoms with Gasteiger partial charge in [-0.3, -0.25) is 9.88 Å². The summed E-state index contributed by atoms with van der Waals surface area (Å²) in [6, 6.07) is 2.18. The molecule has 0 spiro atoms. The Morgan fingerprint density at radius 2 is 2.27 bits per heavy atom. The molecule has 0 bridgehead atoms. The SMILES string of the molecule is Cc1cc(C)c(CN2CCC(C)C2)cn1. The van der Waals surface area contributed by atoms with Crippen LogP contribution < -0.4 is 0 Å². The topological polar surface area (TPSA) is 16.1 Å². The van der Waals surface area contributed by atoms with Crippen LogP contribution in [-0.2, 0) is 6.54 Å². The van der Waals surface area contributed by atoms with Crippen LogP contribution in [0.2, 0.25) is 0 Å². The second-order valence-electron chi connectivity index (χ2n) is 4.88. The van der Waals surface area contributed by atoms with E-state index < -0.39 is 0 Å². The van der Waals surface area contributed by atoms with Gasteiger partial charge in [0.2, 0.25) is 0 Å². The Balaban J connectivity index is 2.04. The minimum absolute atomic E-state index is 0.865. The molecule has 2 nitrogen and oxygen atoms in total. The van der Waals surface area contributed by atoms with Crippen molar-refractivity contribution in [2.75, 3.05) is 13.1 Å². The molecule has 1 saturated heterocycles. The Kier molecular flexibility index (Phi) is 3.06. The van der Waals surface area contributed by atoms with Crippen molar-refractivity contribution in [3.63, 3.8) is 0 Å². The van der Waals surface area contributed by atoms with Crippen molar-refractivity contribution in [1.29, 1.82) is 0 Å².